The van der Waals surface area contributed by atoms with Crippen LogP contribution in [0.2, 0.25) is 5.02 Å². The summed E-state index contributed by atoms with van der Waals surface area (Å²) in [7, 11) is -1.62. The van der Waals surface area contributed by atoms with E-state index in [1.165, 1.54) is 13.2 Å². The second kappa shape index (κ2) is 6.49. The lowest BCUT2D eigenvalue weighted by Gasteiger charge is -2.13. The van der Waals surface area contributed by atoms with E-state index in [0.717, 1.165) is 16.8 Å². The number of Topliss-reactive ketones (excluding diaryl/α,β-unsaturated/α-hetero) is 1. The van der Waals surface area contributed by atoms with Crippen molar-refractivity contribution in [1.29, 1.82) is 0 Å². The molecular weight excluding hydrogens is 435 g/mol. The van der Waals surface area contributed by atoms with E-state index in [1.54, 1.807) is 0 Å². The van der Waals surface area contributed by atoms with E-state index in [4.69, 9.17) is 17.3 Å². The summed E-state index contributed by atoms with van der Waals surface area (Å²) < 4.78 is 51.3. The van der Waals surface area contributed by atoms with Gasteiger partial charge in [-0.3, -0.25) is 9.00 Å². The summed E-state index contributed by atoms with van der Waals surface area (Å²) in [6.07, 6.45) is -3.27. The summed E-state index contributed by atoms with van der Waals surface area (Å²) in [4.78, 5) is 11.7. The van der Waals surface area contributed by atoms with Gasteiger partial charge in [-0.15, -0.1) is 0 Å². The van der Waals surface area contributed by atoms with Crippen LogP contribution in [-0.2, 0) is 17.0 Å². The van der Waals surface area contributed by atoms with Gasteiger partial charge in [0.25, 0.3) is 0 Å². The van der Waals surface area contributed by atoms with Crippen LogP contribution in [0.1, 0.15) is 23.0 Å². The minimum atomic E-state index is -4.58. The Labute approximate surface area is 150 Å². The van der Waals surface area contributed by atoms with Crippen molar-refractivity contribution in [2.75, 3.05) is 12.0 Å². The quantitative estimate of drug-likeness (QED) is 0.730. The third-order valence-electron chi connectivity index (χ3n) is 3.05. The molecule has 0 saturated heterocycles. The minimum Gasteiger partial charge on any atom is -0.383 e. The van der Waals surface area contributed by atoms with E-state index in [9.17, 15) is 22.2 Å². The van der Waals surface area contributed by atoms with Gasteiger partial charge in [-0.2, -0.15) is 18.3 Å². The van der Waals surface area contributed by atoms with Gasteiger partial charge in [0, 0.05) is 17.7 Å². The molecule has 24 heavy (non-hydrogen) atoms. The standard InChI is InChI=1S/C13H10BrClF3N3O2S/c1-5(22)9-11(24(2)23)12(19)21(20-9)10-7(14)3-6(4-8(10)15)13(16,17)18/h3-4H,19H2,1-2H3. The van der Waals surface area contributed by atoms with Crippen molar-refractivity contribution < 1.29 is 22.2 Å². The smallest absolute Gasteiger partial charge is 0.383 e. The van der Waals surface area contributed by atoms with E-state index in [2.05, 4.69) is 21.0 Å². The number of ketones is 1. The zero-order valence-electron chi connectivity index (χ0n) is 12.2. The van der Waals surface area contributed by atoms with Crippen molar-refractivity contribution in [3.05, 3.63) is 32.9 Å². The molecule has 0 aliphatic rings. The van der Waals surface area contributed by atoms with Crippen LogP contribution in [0.5, 0.6) is 0 Å². The van der Waals surface area contributed by atoms with E-state index < -0.39 is 28.3 Å². The Hall–Kier alpha value is -1.39. The molecule has 0 fully saturated rings. The number of nitrogen functional groups attached to an aromatic ring is 1. The van der Waals surface area contributed by atoms with Gasteiger partial charge in [0.05, 0.1) is 27.1 Å². The highest BCUT2D eigenvalue weighted by atomic mass is 79.9. The SMILES string of the molecule is CC(=O)c1nn(-c2c(Cl)cc(C(F)(F)F)cc2Br)c(N)c1S(C)=O. The van der Waals surface area contributed by atoms with E-state index >= 15 is 0 Å². The Morgan fingerprint density at radius 2 is 2.00 bits per heavy atom. The number of carbonyl (C=O) groups excluding carboxylic acids is 1. The van der Waals surface area contributed by atoms with Gasteiger partial charge < -0.3 is 5.73 Å². The molecule has 11 heteroatoms. The topological polar surface area (TPSA) is 78.0 Å². The van der Waals surface area contributed by atoms with E-state index in [-0.39, 0.29) is 31.6 Å². The van der Waals surface area contributed by atoms with Crippen molar-refractivity contribution in [3.63, 3.8) is 0 Å². The predicted molar refractivity (Wildman–Crippen MR) is 88.0 cm³/mol. The molecule has 2 rings (SSSR count). The number of nitrogens with two attached hydrogens (primary N) is 1. The Morgan fingerprint density at radius 1 is 1.42 bits per heavy atom. The second-order valence-electron chi connectivity index (χ2n) is 4.77. The fraction of sp³-hybridized carbons (Fsp3) is 0.231. The normalized spacial score (nSPS) is 13.1. The van der Waals surface area contributed by atoms with Crippen LogP contribution < -0.4 is 5.73 Å². The molecule has 0 bridgehead atoms. The molecule has 0 radical (unpaired) electrons. The molecule has 1 aromatic carbocycles. The largest absolute Gasteiger partial charge is 0.416 e. The van der Waals surface area contributed by atoms with Crippen LogP contribution in [0.25, 0.3) is 5.69 Å². The molecule has 0 saturated carbocycles. The fourth-order valence-electron chi connectivity index (χ4n) is 2.03. The number of carbonyl (C=O) groups is 1. The summed E-state index contributed by atoms with van der Waals surface area (Å²) in [6, 6.07) is 1.54. The lowest BCUT2D eigenvalue weighted by atomic mass is 10.2. The Morgan fingerprint density at radius 3 is 2.38 bits per heavy atom. The van der Waals surface area contributed by atoms with Gasteiger partial charge >= 0.3 is 6.18 Å². The van der Waals surface area contributed by atoms with Crippen LogP contribution in [0.15, 0.2) is 21.5 Å². The Kier molecular flexibility index (Phi) is 5.12. The summed E-state index contributed by atoms with van der Waals surface area (Å²) in [5.41, 5.74) is 4.82. The maximum Gasteiger partial charge on any atom is 0.416 e. The molecule has 1 heterocycles. The number of aromatic nitrogens is 2. The molecule has 0 spiro atoms. The molecule has 1 unspecified atom stereocenters. The molecule has 2 aromatic rings. The van der Waals surface area contributed by atoms with Gasteiger partial charge in [-0.05, 0) is 28.1 Å². The fourth-order valence-corrected chi connectivity index (χ4v) is 3.91. The average Bonchev–Trinajstić information content (AvgIpc) is 2.75. The van der Waals surface area contributed by atoms with Crippen LogP contribution >= 0.6 is 27.5 Å². The average molecular weight is 445 g/mol. The number of benzene rings is 1. The zero-order valence-corrected chi connectivity index (χ0v) is 15.4. The van der Waals surface area contributed by atoms with Gasteiger partial charge in [0.1, 0.15) is 16.4 Å². The number of rotatable bonds is 3. The third-order valence-corrected chi connectivity index (χ3v) is 4.92. The van der Waals surface area contributed by atoms with Gasteiger partial charge in [0.15, 0.2) is 5.78 Å². The zero-order chi connectivity index (χ0) is 18.4. The van der Waals surface area contributed by atoms with E-state index in [0.29, 0.717) is 0 Å². The monoisotopic (exact) mass is 443 g/mol. The first-order valence-electron chi connectivity index (χ1n) is 6.24. The number of hydrogen-bond donors (Lipinski definition) is 1. The Bertz CT molecular complexity index is 844. The van der Waals surface area contributed by atoms with Crippen LogP contribution in [0, 0.1) is 0 Å². The van der Waals surface area contributed by atoms with Crippen molar-refractivity contribution in [3.8, 4) is 5.69 Å². The first kappa shape index (κ1) is 18.9. The third kappa shape index (κ3) is 3.35. The van der Waals surface area contributed by atoms with Crippen molar-refractivity contribution in [1.82, 2.24) is 9.78 Å². The lowest BCUT2D eigenvalue weighted by Crippen LogP contribution is -2.09. The summed E-state index contributed by atoms with van der Waals surface area (Å²) in [5.74, 6) is -0.617. The number of hydrogen-bond acceptors (Lipinski definition) is 4. The number of alkyl halides is 3. The van der Waals surface area contributed by atoms with Gasteiger partial charge in [-0.25, -0.2) is 4.68 Å². The molecule has 5 nitrogen and oxygen atoms in total. The Balaban J connectivity index is 2.77. The molecular formula is C13H10BrClF3N3O2S. The maximum absolute atomic E-state index is 12.8. The highest BCUT2D eigenvalue weighted by molar-refractivity contribution is 9.10. The van der Waals surface area contributed by atoms with E-state index in [1.807, 2.05) is 0 Å². The lowest BCUT2D eigenvalue weighted by molar-refractivity contribution is -0.137. The second-order valence-corrected chi connectivity index (χ2v) is 7.35. The molecule has 2 N–H and O–H groups in total. The van der Waals surface area contributed by atoms with Crippen LogP contribution in [0.3, 0.4) is 0 Å². The maximum atomic E-state index is 12.8. The summed E-state index contributed by atoms with van der Waals surface area (Å²) in [6.45, 7) is 1.21. The predicted octanol–water partition coefficient (Wildman–Crippen LogP) is 3.83. The molecule has 1 atom stereocenters. The van der Waals surface area contributed by atoms with Gasteiger partial charge in [0.2, 0.25) is 0 Å². The molecule has 0 amide bonds. The summed E-state index contributed by atoms with van der Waals surface area (Å²) in [5, 5.41) is 3.68. The van der Waals surface area contributed by atoms with Crippen molar-refractivity contribution in [2.45, 2.75) is 18.0 Å². The molecule has 1 aromatic heterocycles. The molecule has 0 aliphatic heterocycles. The van der Waals surface area contributed by atoms with Crippen LogP contribution in [0.4, 0.5) is 19.0 Å². The summed E-state index contributed by atoms with van der Waals surface area (Å²) >= 11 is 8.97. The highest BCUT2D eigenvalue weighted by Gasteiger charge is 2.33. The number of halogens is 5. The van der Waals surface area contributed by atoms with Gasteiger partial charge in [-0.1, -0.05) is 11.6 Å². The first-order valence-corrected chi connectivity index (χ1v) is 8.97. The minimum absolute atomic E-state index is 0.00497. The first-order chi connectivity index (χ1) is 10.9. The number of nitrogens with zero attached hydrogens (tertiary/aromatic N) is 2. The molecule has 130 valence electrons. The van der Waals surface area contributed by atoms with Crippen molar-refractivity contribution >= 4 is 49.9 Å². The van der Waals surface area contributed by atoms with Crippen LogP contribution in [-0.4, -0.2) is 26.0 Å². The van der Waals surface area contributed by atoms with Crippen molar-refractivity contribution in [2.24, 2.45) is 0 Å². The highest BCUT2D eigenvalue weighted by Crippen LogP contribution is 2.39. The number of anilines is 1. The molecule has 0 aliphatic carbocycles.